The molecule has 150 valence electrons. The fraction of sp³-hybridized carbons (Fsp3) is 0.450. The van der Waals surface area contributed by atoms with E-state index in [4.69, 9.17) is 4.52 Å². The molecular formula is C20H26N4O3S. The van der Waals surface area contributed by atoms with Crippen LogP contribution in [0.3, 0.4) is 0 Å². The van der Waals surface area contributed by atoms with Gasteiger partial charge >= 0.3 is 0 Å². The number of amides is 2. The van der Waals surface area contributed by atoms with E-state index in [0.29, 0.717) is 11.6 Å². The predicted molar refractivity (Wildman–Crippen MR) is 113 cm³/mol. The lowest BCUT2D eigenvalue weighted by atomic mass is 10.2. The first-order valence-corrected chi connectivity index (χ1v) is 10.5. The molecule has 2 amide bonds. The van der Waals surface area contributed by atoms with Gasteiger partial charge in [-0.1, -0.05) is 12.1 Å². The number of aromatic nitrogens is 1. The van der Waals surface area contributed by atoms with Crippen LogP contribution in [0.15, 0.2) is 34.9 Å². The molecule has 2 N–H and O–H groups in total. The normalized spacial score (nSPS) is 17.4. The minimum Gasteiger partial charge on any atom is -0.371 e. The number of hydrogen-bond acceptors (Lipinski definition) is 6. The molecule has 2 atom stereocenters. The summed E-state index contributed by atoms with van der Waals surface area (Å²) in [6.45, 7) is 7.93. The highest BCUT2D eigenvalue weighted by Gasteiger charge is 2.19. The Kier molecular flexibility index (Phi) is 6.61. The number of rotatable bonds is 7. The minimum atomic E-state index is -0.387. The summed E-state index contributed by atoms with van der Waals surface area (Å²) in [6, 6.07) is 9.57. The third-order valence-corrected chi connectivity index (χ3v) is 5.80. The van der Waals surface area contributed by atoms with Crippen molar-refractivity contribution in [2.75, 3.05) is 34.4 Å². The maximum atomic E-state index is 12.2. The van der Waals surface area contributed by atoms with Gasteiger partial charge in [-0.05, 0) is 50.5 Å². The second kappa shape index (κ2) is 9.14. The van der Waals surface area contributed by atoms with E-state index in [1.54, 1.807) is 19.9 Å². The number of aryl methyl sites for hydroxylation is 1. The second-order valence-corrected chi connectivity index (χ2v) is 8.53. The fourth-order valence-electron chi connectivity index (χ4n) is 3.05. The van der Waals surface area contributed by atoms with E-state index in [0.717, 1.165) is 24.7 Å². The van der Waals surface area contributed by atoms with Gasteiger partial charge < -0.3 is 20.1 Å². The molecule has 1 aliphatic heterocycles. The molecule has 1 aromatic heterocycles. The van der Waals surface area contributed by atoms with Crippen molar-refractivity contribution in [2.24, 2.45) is 5.92 Å². The van der Waals surface area contributed by atoms with Crippen LogP contribution in [0.2, 0.25) is 0 Å². The zero-order valence-corrected chi connectivity index (χ0v) is 17.2. The first-order valence-electron chi connectivity index (χ1n) is 9.41. The first kappa shape index (κ1) is 20.3. The van der Waals surface area contributed by atoms with E-state index >= 15 is 0 Å². The number of carbonyl (C=O) groups excluding carboxylic acids is 2. The van der Waals surface area contributed by atoms with Gasteiger partial charge in [-0.3, -0.25) is 9.59 Å². The van der Waals surface area contributed by atoms with Crippen LogP contribution < -0.4 is 15.5 Å². The van der Waals surface area contributed by atoms with Gasteiger partial charge in [0.05, 0.1) is 11.0 Å². The third-order valence-electron chi connectivity index (χ3n) is 4.65. The molecule has 1 aliphatic rings. The Labute approximate surface area is 169 Å². The van der Waals surface area contributed by atoms with Crippen LogP contribution in [0.25, 0.3) is 0 Å². The molecule has 2 unspecified atom stereocenters. The maximum Gasteiger partial charge on any atom is 0.238 e. The van der Waals surface area contributed by atoms with Gasteiger partial charge in [-0.15, -0.1) is 11.8 Å². The van der Waals surface area contributed by atoms with Gasteiger partial charge in [0.2, 0.25) is 11.8 Å². The zero-order chi connectivity index (χ0) is 20.1. The highest BCUT2D eigenvalue weighted by molar-refractivity contribution is 8.01. The Balaban J connectivity index is 1.42. The van der Waals surface area contributed by atoms with E-state index in [-0.39, 0.29) is 22.8 Å². The molecule has 2 heterocycles. The van der Waals surface area contributed by atoms with E-state index in [1.165, 1.54) is 23.9 Å². The molecular weight excluding hydrogens is 376 g/mol. The van der Waals surface area contributed by atoms with Crippen LogP contribution in [0.1, 0.15) is 26.0 Å². The molecule has 0 aliphatic carbocycles. The Morgan fingerprint density at radius 2 is 2.07 bits per heavy atom. The molecule has 2 aromatic rings. The van der Waals surface area contributed by atoms with Gasteiger partial charge in [0.15, 0.2) is 5.82 Å². The third kappa shape index (κ3) is 5.51. The van der Waals surface area contributed by atoms with Crippen LogP contribution in [-0.2, 0) is 9.59 Å². The zero-order valence-electron chi connectivity index (χ0n) is 16.4. The molecule has 7 nitrogen and oxygen atoms in total. The Bertz CT molecular complexity index is 821. The minimum absolute atomic E-state index is 0.135. The van der Waals surface area contributed by atoms with Crippen LogP contribution in [-0.4, -0.2) is 41.1 Å². The van der Waals surface area contributed by atoms with Gasteiger partial charge in [0.1, 0.15) is 5.76 Å². The molecule has 0 spiro atoms. The SMILES string of the molecule is Cc1cc(NC(=O)C(C)SCC(=O)Nc2ccc(N3CCC(C)C3)cc2)no1. The number of nitrogens with one attached hydrogen (secondary N) is 2. The van der Waals surface area contributed by atoms with Crippen molar-refractivity contribution in [3.05, 3.63) is 36.1 Å². The van der Waals surface area contributed by atoms with E-state index < -0.39 is 0 Å². The van der Waals surface area contributed by atoms with E-state index in [1.807, 2.05) is 24.3 Å². The number of carbonyl (C=O) groups is 2. The summed E-state index contributed by atoms with van der Waals surface area (Å²) in [5.74, 6) is 1.58. The highest BCUT2D eigenvalue weighted by atomic mass is 32.2. The molecule has 8 heteroatoms. The molecule has 1 saturated heterocycles. The Morgan fingerprint density at radius 3 is 2.68 bits per heavy atom. The number of anilines is 3. The largest absolute Gasteiger partial charge is 0.371 e. The van der Waals surface area contributed by atoms with Crippen LogP contribution in [0, 0.1) is 12.8 Å². The highest BCUT2D eigenvalue weighted by Crippen LogP contribution is 2.25. The standard InChI is InChI=1S/C20H26N4O3S/c1-13-8-9-24(11-13)17-6-4-16(5-7-17)21-19(25)12-28-15(3)20(26)22-18-10-14(2)27-23-18/h4-7,10,13,15H,8-9,11-12H2,1-3H3,(H,21,25)(H,22,23,26). The van der Waals surface area contributed by atoms with E-state index in [2.05, 4.69) is 27.6 Å². The molecule has 3 rings (SSSR count). The van der Waals surface area contributed by atoms with Crippen molar-refractivity contribution in [2.45, 2.75) is 32.4 Å². The fourth-order valence-corrected chi connectivity index (χ4v) is 3.74. The lowest BCUT2D eigenvalue weighted by Crippen LogP contribution is -2.25. The Morgan fingerprint density at radius 1 is 1.32 bits per heavy atom. The first-order chi connectivity index (χ1) is 13.4. The number of benzene rings is 1. The summed E-state index contributed by atoms with van der Waals surface area (Å²) < 4.78 is 4.92. The van der Waals surface area contributed by atoms with E-state index in [9.17, 15) is 9.59 Å². The predicted octanol–water partition coefficient (Wildman–Crippen LogP) is 3.53. The van der Waals surface area contributed by atoms with Crippen molar-refractivity contribution in [1.29, 1.82) is 0 Å². The summed E-state index contributed by atoms with van der Waals surface area (Å²) in [4.78, 5) is 26.7. The average molecular weight is 403 g/mol. The second-order valence-electron chi connectivity index (χ2n) is 7.20. The molecule has 0 bridgehead atoms. The van der Waals surface area contributed by atoms with Crippen molar-refractivity contribution >= 4 is 40.8 Å². The van der Waals surface area contributed by atoms with Gasteiger partial charge in [0.25, 0.3) is 0 Å². The topological polar surface area (TPSA) is 87.5 Å². The van der Waals surface area contributed by atoms with Gasteiger partial charge in [-0.25, -0.2) is 0 Å². The monoisotopic (exact) mass is 402 g/mol. The Hall–Kier alpha value is -2.48. The summed E-state index contributed by atoms with van der Waals surface area (Å²) in [5.41, 5.74) is 1.95. The van der Waals surface area contributed by atoms with Crippen molar-refractivity contribution < 1.29 is 14.1 Å². The quantitative estimate of drug-likeness (QED) is 0.737. The number of thioether (sulfide) groups is 1. The summed E-state index contributed by atoms with van der Waals surface area (Å²) >= 11 is 1.27. The summed E-state index contributed by atoms with van der Waals surface area (Å²) in [7, 11) is 0. The summed E-state index contributed by atoms with van der Waals surface area (Å²) in [6.07, 6.45) is 1.22. The van der Waals surface area contributed by atoms with Crippen molar-refractivity contribution in [3.63, 3.8) is 0 Å². The molecule has 1 aromatic carbocycles. The van der Waals surface area contributed by atoms with Crippen molar-refractivity contribution in [3.8, 4) is 0 Å². The van der Waals surface area contributed by atoms with Gasteiger partial charge in [-0.2, -0.15) is 0 Å². The summed E-state index contributed by atoms with van der Waals surface area (Å²) in [5, 5.41) is 8.89. The molecule has 28 heavy (non-hydrogen) atoms. The maximum absolute atomic E-state index is 12.2. The van der Waals surface area contributed by atoms with Crippen LogP contribution in [0.5, 0.6) is 0 Å². The molecule has 0 saturated carbocycles. The number of nitrogens with zero attached hydrogens (tertiary/aromatic N) is 2. The molecule has 1 fully saturated rings. The lowest BCUT2D eigenvalue weighted by molar-refractivity contribution is -0.115. The smallest absolute Gasteiger partial charge is 0.238 e. The van der Waals surface area contributed by atoms with Gasteiger partial charge in [0, 0.05) is 30.5 Å². The average Bonchev–Trinajstić information content (AvgIpc) is 3.28. The van der Waals surface area contributed by atoms with Crippen molar-refractivity contribution in [1.82, 2.24) is 5.16 Å². The van der Waals surface area contributed by atoms with Crippen LogP contribution >= 0.6 is 11.8 Å². The number of hydrogen-bond donors (Lipinski definition) is 2. The lowest BCUT2D eigenvalue weighted by Gasteiger charge is -2.18. The molecule has 0 radical (unpaired) electrons. The van der Waals surface area contributed by atoms with Crippen LogP contribution in [0.4, 0.5) is 17.2 Å².